The van der Waals surface area contributed by atoms with Gasteiger partial charge in [0.1, 0.15) is 11.4 Å². The molecule has 0 saturated heterocycles. The van der Waals surface area contributed by atoms with Crippen molar-refractivity contribution in [3.8, 4) is 0 Å². The molecule has 0 unspecified atom stereocenters. The number of benzene rings is 1. The van der Waals surface area contributed by atoms with Crippen LogP contribution in [-0.2, 0) is 20.6 Å². The van der Waals surface area contributed by atoms with Gasteiger partial charge >= 0.3 is 5.97 Å². The van der Waals surface area contributed by atoms with E-state index in [4.69, 9.17) is 9.63 Å². The molecule has 1 N–H and O–H groups in total. The fraction of sp³-hybridized carbons (Fsp3) is 0.333. The monoisotopic (exact) mass is 298 g/mol. The van der Waals surface area contributed by atoms with Crippen LogP contribution >= 0.6 is 0 Å². The van der Waals surface area contributed by atoms with Crippen LogP contribution in [0.4, 0.5) is 0 Å². The molecule has 1 aromatic heterocycles. The molecule has 0 saturated carbocycles. The van der Waals surface area contributed by atoms with Crippen molar-refractivity contribution < 1.29 is 22.8 Å². The van der Waals surface area contributed by atoms with Gasteiger partial charge in [-0.2, -0.15) is 0 Å². The Bertz CT molecular complexity index is 722. The van der Waals surface area contributed by atoms with Crippen molar-refractivity contribution in [2.24, 2.45) is 0 Å². The summed E-state index contributed by atoms with van der Waals surface area (Å²) in [6.07, 6.45) is -0.241. The summed E-state index contributed by atoms with van der Waals surface area (Å²) in [6.45, 7) is -0.0759. The first kappa shape index (κ1) is 14.5. The number of rotatable bonds is 6. The van der Waals surface area contributed by atoms with Gasteiger partial charge in [0.2, 0.25) is 10.0 Å². The van der Waals surface area contributed by atoms with E-state index in [0.29, 0.717) is 16.7 Å². The SMILES string of the molecule is CN(CCC(=O)O)S(=O)(=O)Cc1noc2ccccc12. The van der Waals surface area contributed by atoms with Crippen molar-refractivity contribution in [1.82, 2.24) is 9.46 Å². The zero-order valence-electron chi connectivity index (χ0n) is 10.8. The summed E-state index contributed by atoms with van der Waals surface area (Å²) in [6, 6.07) is 6.97. The summed E-state index contributed by atoms with van der Waals surface area (Å²) in [7, 11) is -2.28. The average molecular weight is 298 g/mol. The Balaban J connectivity index is 2.17. The van der Waals surface area contributed by atoms with Gasteiger partial charge in [0.05, 0.1) is 6.42 Å². The molecule has 7 nitrogen and oxygen atoms in total. The molecule has 8 heteroatoms. The van der Waals surface area contributed by atoms with Crippen molar-refractivity contribution in [3.05, 3.63) is 30.0 Å². The molecule has 2 rings (SSSR count). The lowest BCUT2D eigenvalue weighted by Gasteiger charge is -2.15. The predicted molar refractivity (Wildman–Crippen MR) is 71.5 cm³/mol. The second-order valence-electron chi connectivity index (χ2n) is 4.35. The molecule has 1 heterocycles. The highest BCUT2D eigenvalue weighted by Crippen LogP contribution is 2.20. The molecule has 0 aliphatic heterocycles. The Hall–Kier alpha value is -1.93. The minimum absolute atomic E-state index is 0.0759. The van der Waals surface area contributed by atoms with Gasteiger partial charge < -0.3 is 9.63 Å². The summed E-state index contributed by atoms with van der Waals surface area (Å²) < 4.78 is 30.3. The smallest absolute Gasteiger partial charge is 0.304 e. The van der Waals surface area contributed by atoms with Crippen molar-refractivity contribution >= 4 is 27.0 Å². The van der Waals surface area contributed by atoms with E-state index in [0.717, 1.165) is 4.31 Å². The molecule has 0 spiro atoms. The summed E-state index contributed by atoms with van der Waals surface area (Å²) in [5, 5.41) is 13.0. The van der Waals surface area contributed by atoms with Gasteiger partial charge in [-0.3, -0.25) is 4.79 Å². The number of carboxylic acids is 1. The van der Waals surface area contributed by atoms with Crippen molar-refractivity contribution in [2.75, 3.05) is 13.6 Å². The number of aromatic nitrogens is 1. The van der Waals surface area contributed by atoms with E-state index in [1.807, 2.05) is 0 Å². The standard InChI is InChI=1S/C12H14N2O5S/c1-14(7-6-12(15)16)20(17,18)8-10-9-4-2-3-5-11(9)19-13-10/h2-5H,6-8H2,1H3,(H,15,16). The van der Waals surface area contributed by atoms with Gasteiger partial charge in [0, 0.05) is 19.0 Å². The van der Waals surface area contributed by atoms with Crippen LogP contribution in [0.2, 0.25) is 0 Å². The topological polar surface area (TPSA) is 101 Å². The van der Waals surface area contributed by atoms with Gasteiger partial charge in [-0.1, -0.05) is 17.3 Å². The number of sulfonamides is 1. The Morgan fingerprint density at radius 3 is 2.80 bits per heavy atom. The lowest BCUT2D eigenvalue weighted by Crippen LogP contribution is -2.30. The average Bonchev–Trinajstić information content (AvgIpc) is 2.79. The summed E-state index contributed by atoms with van der Waals surface area (Å²) >= 11 is 0. The predicted octanol–water partition coefficient (Wildman–Crippen LogP) is 1.06. The third-order valence-electron chi connectivity index (χ3n) is 2.89. The molecule has 2 aromatic rings. The van der Waals surface area contributed by atoms with Crippen LogP contribution in [0.3, 0.4) is 0 Å². The maximum atomic E-state index is 12.1. The van der Waals surface area contributed by atoms with Crippen LogP contribution < -0.4 is 0 Å². The highest BCUT2D eigenvalue weighted by molar-refractivity contribution is 7.88. The summed E-state index contributed by atoms with van der Waals surface area (Å²) in [5.41, 5.74) is 0.841. The van der Waals surface area contributed by atoms with Crippen LogP contribution in [0.25, 0.3) is 11.0 Å². The highest BCUT2D eigenvalue weighted by Gasteiger charge is 2.22. The number of para-hydroxylation sites is 1. The largest absolute Gasteiger partial charge is 0.481 e. The van der Waals surface area contributed by atoms with Crippen molar-refractivity contribution in [3.63, 3.8) is 0 Å². The molecule has 0 aliphatic carbocycles. The Kier molecular flexibility index (Phi) is 4.05. The van der Waals surface area contributed by atoms with E-state index in [1.54, 1.807) is 24.3 Å². The zero-order valence-corrected chi connectivity index (χ0v) is 11.6. The molecule has 108 valence electrons. The van der Waals surface area contributed by atoms with Crippen molar-refractivity contribution in [1.29, 1.82) is 0 Å². The first-order chi connectivity index (χ1) is 9.40. The maximum Gasteiger partial charge on any atom is 0.304 e. The van der Waals surface area contributed by atoms with Gasteiger partial charge in [-0.15, -0.1) is 0 Å². The minimum atomic E-state index is -3.62. The van der Waals surface area contributed by atoms with Crippen LogP contribution in [0, 0.1) is 0 Å². The van der Waals surface area contributed by atoms with E-state index in [-0.39, 0.29) is 18.7 Å². The summed E-state index contributed by atoms with van der Waals surface area (Å²) in [5.74, 6) is -1.36. The van der Waals surface area contributed by atoms with Gasteiger partial charge in [0.25, 0.3) is 0 Å². The minimum Gasteiger partial charge on any atom is -0.481 e. The molecule has 0 atom stereocenters. The number of hydrogen-bond donors (Lipinski definition) is 1. The molecular weight excluding hydrogens is 284 g/mol. The lowest BCUT2D eigenvalue weighted by atomic mass is 10.2. The van der Waals surface area contributed by atoms with Crippen LogP contribution in [0.15, 0.2) is 28.8 Å². The molecule has 0 radical (unpaired) electrons. The number of carbonyl (C=O) groups is 1. The van der Waals surface area contributed by atoms with E-state index in [2.05, 4.69) is 5.16 Å². The third-order valence-corrected chi connectivity index (χ3v) is 4.66. The van der Waals surface area contributed by atoms with Crippen molar-refractivity contribution in [2.45, 2.75) is 12.2 Å². The molecule has 0 amide bonds. The van der Waals surface area contributed by atoms with E-state index in [9.17, 15) is 13.2 Å². The first-order valence-electron chi connectivity index (χ1n) is 5.89. The van der Waals surface area contributed by atoms with Gasteiger partial charge in [0.15, 0.2) is 5.58 Å². The van der Waals surface area contributed by atoms with Gasteiger partial charge in [-0.05, 0) is 12.1 Å². The molecule has 0 bridgehead atoms. The van der Waals surface area contributed by atoms with E-state index >= 15 is 0 Å². The number of aliphatic carboxylic acids is 1. The normalized spacial score (nSPS) is 12.1. The molecule has 0 fully saturated rings. The molecule has 0 aliphatic rings. The second-order valence-corrected chi connectivity index (χ2v) is 6.42. The number of fused-ring (bicyclic) bond motifs is 1. The fourth-order valence-corrected chi connectivity index (χ4v) is 2.86. The summed E-state index contributed by atoms with van der Waals surface area (Å²) in [4.78, 5) is 10.5. The second kappa shape index (κ2) is 5.59. The van der Waals surface area contributed by atoms with E-state index < -0.39 is 16.0 Å². The quantitative estimate of drug-likeness (QED) is 0.856. The first-order valence-corrected chi connectivity index (χ1v) is 7.50. The number of hydrogen-bond acceptors (Lipinski definition) is 5. The Morgan fingerprint density at radius 2 is 2.10 bits per heavy atom. The maximum absolute atomic E-state index is 12.1. The number of carboxylic acid groups (broad SMARTS) is 1. The fourth-order valence-electron chi connectivity index (χ4n) is 1.72. The highest BCUT2D eigenvalue weighted by atomic mass is 32.2. The third kappa shape index (κ3) is 3.14. The van der Waals surface area contributed by atoms with E-state index in [1.165, 1.54) is 7.05 Å². The molecule has 1 aromatic carbocycles. The van der Waals surface area contributed by atoms with Crippen LogP contribution in [-0.4, -0.2) is 42.5 Å². The van der Waals surface area contributed by atoms with Crippen LogP contribution in [0.1, 0.15) is 12.1 Å². The molecule has 20 heavy (non-hydrogen) atoms. The Morgan fingerprint density at radius 1 is 1.40 bits per heavy atom. The zero-order chi connectivity index (χ0) is 14.8. The van der Waals surface area contributed by atoms with Gasteiger partial charge in [-0.25, -0.2) is 12.7 Å². The Labute approximate surface area is 115 Å². The lowest BCUT2D eigenvalue weighted by molar-refractivity contribution is -0.137. The number of nitrogens with zero attached hydrogens (tertiary/aromatic N) is 2. The molecular formula is C12H14N2O5S. The van der Waals surface area contributed by atoms with Crippen LogP contribution in [0.5, 0.6) is 0 Å².